The van der Waals surface area contributed by atoms with E-state index in [1.54, 1.807) is 0 Å². The third kappa shape index (κ3) is 4.61. The zero-order valence-corrected chi connectivity index (χ0v) is 12.0. The summed E-state index contributed by atoms with van der Waals surface area (Å²) in [6.07, 6.45) is -0.675. The molecule has 1 unspecified atom stereocenters. The molecule has 0 spiro atoms. The molecule has 0 radical (unpaired) electrons. The molecule has 1 aromatic rings. The van der Waals surface area contributed by atoms with Crippen molar-refractivity contribution in [2.45, 2.75) is 13.0 Å². The van der Waals surface area contributed by atoms with Crippen molar-refractivity contribution in [3.8, 4) is 0 Å². The van der Waals surface area contributed by atoms with Gasteiger partial charge in [0.05, 0.1) is 18.3 Å². The molecule has 1 aromatic carbocycles. The Hall–Kier alpha value is -0.660. The number of aliphatic hydroxyl groups is 1. The number of hydrogen-bond acceptors (Lipinski definition) is 3. The Bertz CT molecular complexity index is 395. The van der Waals surface area contributed by atoms with Gasteiger partial charge in [0, 0.05) is 17.2 Å². The van der Waals surface area contributed by atoms with Crippen LogP contribution in [0.5, 0.6) is 0 Å². The van der Waals surface area contributed by atoms with E-state index in [0.29, 0.717) is 5.56 Å². The van der Waals surface area contributed by atoms with E-state index in [9.17, 15) is 9.90 Å². The summed E-state index contributed by atoms with van der Waals surface area (Å²) in [4.78, 5) is 11.9. The maximum Gasteiger partial charge on any atom is 0.252 e. The Labute approximate surface area is 115 Å². The van der Waals surface area contributed by atoms with Crippen molar-refractivity contribution < 1.29 is 14.6 Å². The highest BCUT2D eigenvalue weighted by Crippen LogP contribution is 2.13. The molecule has 0 fully saturated rings. The summed E-state index contributed by atoms with van der Waals surface area (Å²) in [6.45, 7) is 2.34. The van der Waals surface area contributed by atoms with Crippen molar-refractivity contribution in [2.24, 2.45) is 0 Å². The molecule has 5 heteroatoms. The second-order valence-electron chi connectivity index (χ2n) is 3.80. The van der Waals surface area contributed by atoms with Gasteiger partial charge in [-0.1, -0.05) is 11.6 Å². The van der Waals surface area contributed by atoms with Crippen LogP contribution in [0.4, 0.5) is 0 Å². The summed E-state index contributed by atoms with van der Waals surface area (Å²) in [7, 11) is 1.51. The van der Waals surface area contributed by atoms with Crippen LogP contribution in [0.15, 0.2) is 18.2 Å². The molecule has 0 heterocycles. The van der Waals surface area contributed by atoms with Gasteiger partial charge in [-0.3, -0.25) is 4.79 Å². The van der Waals surface area contributed by atoms with Gasteiger partial charge in [-0.2, -0.15) is 0 Å². The van der Waals surface area contributed by atoms with E-state index < -0.39 is 6.10 Å². The number of hydrogen-bond donors (Lipinski definition) is 2. The molecule has 2 N–H and O–H groups in total. The Morgan fingerprint density at radius 1 is 1.59 bits per heavy atom. The number of carbonyl (C=O) groups excluding carboxylic acids is 1. The molecule has 0 aliphatic rings. The number of benzene rings is 1. The highest BCUT2D eigenvalue weighted by molar-refractivity contribution is 14.1. The predicted octanol–water partition coefficient (Wildman–Crippen LogP) is 1.34. The van der Waals surface area contributed by atoms with Crippen LogP contribution in [0.2, 0.25) is 0 Å². The van der Waals surface area contributed by atoms with Crippen molar-refractivity contribution in [3.63, 3.8) is 0 Å². The molecule has 0 aliphatic carbocycles. The average Bonchev–Trinajstić information content (AvgIpc) is 2.29. The smallest absolute Gasteiger partial charge is 0.252 e. The quantitative estimate of drug-likeness (QED) is 0.789. The summed E-state index contributed by atoms with van der Waals surface area (Å²) in [5.74, 6) is -0.173. The zero-order valence-electron chi connectivity index (χ0n) is 9.87. The number of aryl methyl sites for hydroxylation is 1. The molecule has 0 saturated carbocycles. The van der Waals surface area contributed by atoms with Gasteiger partial charge in [0.2, 0.25) is 0 Å². The summed E-state index contributed by atoms with van der Waals surface area (Å²) >= 11 is 2.12. The van der Waals surface area contributed by atoms with Gasteiger partial charge >= 0.3 is 0 Å². The van der Waals surface area contributed by atoms with Gasteiger partial charge in [0.15, 0.2) is 0 Å². The standard InChI is InChI=1S/C12H16INO3/c1-8-3-4-11(13)10(5-8)12(16)14-6-9(15)7-17-2/h3-5,9,15H,6-7H2,1-2H3,(H,14,16). The van der Waals surface area contributed by atoms with Crippen LogP contribution in [-0.4, -0.2) is 37.4 Å². The second kappa shape index (κ2) is 6.93. The van der Waals surface area contributed by atoms with Crippen LogP contribution in [0.1, 0.15) is 15.9 Å². The molecule has 0 aliphatic heterocycles. The lowest BCUT2D eigenvalue weighted by Crippen LogP contribution is -2.34. The summed E-state index contributed by atoms with van der Waals surface area (Å²) in [5, 5.41) is 12.1. The van der Waals surface area contributed by atoms with Crippen molar-refractivity contribution in [1.29, 1.82) is 0 Å². The lowest BCUT2D eigenvalue weighted by Gasteiger charge is -2.11. The van der Waals surface area contributed by atoms with Crippen molar-refractivity contribution in [2.75, 3.05) is 20.3 Å². The third-order valence-electron chi connectivity index (χ3n) is 2.22. The fourth-order valence-electron chi connectivity index (χ4n) is 1.37. The predicted molar refractivity (Wildman–Crippen MR) is 74.1 cm³/mol. The Morgan fingerprint density at radius 3 is 2.94 bits per heavy atom. The molecular formula is C12H16INO3. The first-order chi connectivity index (χ1) is 8.04. The highest BCUT2D eigenvalue weighted by atomic mass is 127. The second-order valence-corrected chi connectivity index (χ2v) is 4.96. The van der Waals surface area contributed by atoms with Crippen molar-refractivity contribution in [1.82, 2.24) is 5.32 Å². The van der Waals surface area contributed by atoms with Gasteiger partial charge in [0.1, 0.15) is 0 Å². The highest BCUT2D eigenvalue weighted by Gasteiger charge is 2.11. The molecule has 0 bridgehead atoms. The minimum atomic E-state index is -0.675. The minimum Gasteiger partial charge on any atom is -0.389 e. The number of amides is 1. The molecule has 4 nitrogen and oxygen atoms in total. The average molecular weight is 349 g/mol. The van der Waals surface area contributed by atoms with Crippen LogP contribution in [0.3, 0.4) is 0 Å². The van der Waals surface area contributed by atoms with E-state index in [0.717, 1.165) is 9.13 Å². The van der Waals surface area contributed by atoms with Crippen LogP contribution < -0.4 is 5.32 Å². The van der Waals surface area contributed by atoms with E-state index in [1.165, 1.54) is 7.11 Å². The Morgan fingerprint density at radius 2 is 2.29 bits per heavy atom. The maximum atomic E-state index is 11.9. The van der Waals surface area contributed by atoms with Crippen molar-refractivity contribution in [3.05, 3.63) is 32.9 Å². The molecule has 0 saturated heterocycles. The number of rotatable bonds is 5. The molecule has 1 rings (SSSR count). The molecule has 1 atom stereocenters. The largest absolute Gasteiger partial charge is 0.389 e. The molecule has 94 valence electrons. The van der Waals surface area contributed by atoms with Gasteiger partial charge in [-0.05, 0) is 41.6 Å². The summed E-state index contributed by atoms with van der Waals surface area (Å²) < 4.78 is 5.68. The number of methoxy groups -OCH3 is 1. The van der Waals surface area contributed by atoms with Gasteiger partial charge in [-0.25, -0.2) is 0 Å². The van der Waals surface area contributed by atoms with E-state index in [2.05, 4.69) is 27.9 Å². The fraction of sp³-hybridized carbons (Fsp3) is 0.417. The van der Waals surface area contributed by atoms with Gasteiger partial charge < -0.3 is 15.2 Å². The Kier molecular flexibility index (Phi) is 5.87. The van der Waals surface area contributed by atoms with E-state index in [-0.39, 0.29) is 19.1 Å². The number of halogens is 1. The molecule has 0 aromatic heterocycles. The zero-order chi connectivity index (χ0) is 12.8. The van der Waals surface area contributed by atoms with E-state index in [1.807, 2.05) is 25.1 Å². The first kappa shape index (κ1) is 14.4. The van der Waals surface area contributed by atoms with Gasteiger partial charge in [-0.15, -0.1) is 0 Å². The van der Waals surface area contributed by atoms with Crippen LogP contribution in [-0.2, 0) is 4.74 Å². The number of nitrogens with one attached hydrogen (secondary N) is 1. The van der Waals surface area contributed by atoms with Gasteiger partial charge in [0.25, 0.3) is 5.91 Å². The molecule has 17 heavy (non-hydrogen) atoms. The first-order valence-electron chi connectivity index (χ1n) is 5.26. The van der Waals surface area contributed by atoms with Crippen molar-refractivity contribution >= 4 is 28.5 Å². The number of carbonyl (C=O) groups is 1. The Balaban J connectivity index is 2.61. The topological polar surface area (TPSA) is 58.6 Å². The first-order valence-corrected chi connectivity index (χ1v) is 6.34. The fourth-order valence-corrected chi connectivity index (χ4v) is 1.95. The summed E-state index contributed by atoms with van der Waals surface area (Å²) in [6, 6.07) is 5.69. The van der Waals surface area contributed by atoms with E-state index >= 15 is 0 Å². The molecule has 1 amide bonds. The lowest BCUT2D eigenvalue weighted by molar-refractivity contribution is 0.0609. The van der Waals surface area contributed by atoms with Crippen LogP contribution in [0.25, 0.3) is 0 Å². The monoisotopic (exact) mass is 349 g/mol. The number of aliphatic hydroxyl groups excluding tert-OH is 1. The molecular weight excluding hydrogens is 333 g/mol. The minimum absolute atomic E-state index is 0.173. The normalized spacial score (nSPS) is 12.2. The van der Waals surface area contributed by atoms with E-state index in [4.69, 9.17) is 4.74 Å². The summed E-state index contributed by atoms with van der Waals surface area (Å²) in [5.41, 5.74) is 1.67. The lowest BCUT2D eigenvalue weighted by atomic mass is 10.1. The van der Waals surface area contributed by atoms with Crippen LogP contribution in [0, 0.1) is 10.5 Å². The SMILES string of the molecule is COCC(O)CNC(=O)c1cc(C)ccc1I. The van der Waals surface area contributed by atoms with Crippen LogP contribution >= 0.6 is 22.6 Å². The third-order valence-corrected chi connectivity index (χ3v) is 3.16. The number of ether oxygens (including phenoxy) is 1. The maximum absolute atomic E-state index is 11.9.